The van der Waals surface area contributed by atoms with Crippen LogP contribution in [0.5, 0.6) is 0 Å². The number of hydrogen-bond donors (Lipinski definition) is 1. The van der Waals surface area contributed by atoms with E-state index in [0.29, 0.717) is 5.92 Å². The molecule has 0 aliphatic heterocycles. The van der Waals surface area contributed by atoms with Gasteiger partial charge in [0.15, 0.2) is 5.67 Å². The van der Waals surface area contributed by atoms with Crippen LogP contribution in [0.1, 0.15) is 39.0 Å². The second-order valence-corrected chi connectivity index (χ2v) is 5.23. The molecule has 2 saturated carbocycles. The first-order valence-corrected chi connectivity index (χ1v) is 5.68. The summed E-state index contributed by atoms with van der Waals surface area (Å²) in [5, 5.41) is 2.48. The lowest BCUT2D eigenvalue weighted by molar-refractivity contribution is -0.184. The zero-order valence-corrected chi connectivity index (χ0v) is 9.23. The van der Waals surface area contributed by atoms with Crippen LogP contribution in [0, 0.1) is 5.92 Å². The molecule has 2 aliphatic carbocycles. The van der Waals surface area contributed by atoms with Crippen LogP contribution in [0.3, 0.4) is 0 Å². The third-order valence-electron chi connectivity index (χ3n) is 3.25. The second-order valence-electron chi connectivity index (χ2n) is 5.23. The Kier molecular flexibility index (Phi) is 2.67. The number of nitrogens with one attached hydrogen (secondary N) is 1. The van der Waals surface area contributed by atoms with Crippen molar-refractivity contribution in [2.75, 3.05) is 0 Å². The Balaban J connectivity index is 1.79. The van der Waals surface area contributed by atoms with Crippen molar-refractivity contribution in [3.63, 3.8) is 0 Å². The third kappa shape index (κ3) is 2.50. The molecule has 92 valence electrons. The predicted molar refractivity (Wildman–Crippen MR) is 53.0 cm³/mol. The first kappa shape index (κ1) is 11.7. The SMILES string of the molecule is CC(CC1CC1)NC(=O)C1(F)CC(F)(F)C1. The van der Waals surface area contributed by atoms with Gasteiger partial charge in [0.25, 0.3) is 11.8 Å². The first-order valence-electron chi connectivity index (χ1n) is 5.68. The standard InChI is InChI=1S/C11H16F3NO/c1-7(4-8-2-3-8)15-9(16)10(12)5-11(13,14)6-10/h7-8H,2-6H2,1H3,(H,15,16). The average Bonchev–Trinajstić information content (AvgIpc) is 2.83. The summed E-state index contributed by atoms with van der Waals surface area (Å²) in [6.45, 7) is 1.79. The maximum Gasteiger partial charge on any atom is 0.258 e. The molecule has 0 aromatic heterocycles. The van der Waals surface area contributed by atoms with Crippen LogP contribution >= 0.6 is 0 Å². The fraction of sp³-hybridized carbons (Fsp3) is 0.909. The minimum atomic E-state index is -3.01. The van der Waals surface area contributed by atoms with Gasteiger partial charge in [-0.3, -0.25) is 4.79 Å². The smallest absolute Gasteiger partial charge is 0.258 e. The van der Waals surface area contributed by atoms with Crippen molar-refractivity contribution in [3.8, 4) is 0 Å². The minimum absolute atomic E-state index is 0.123. The molecule has 1 amide bonds. The van der Waals surface area contributed by atoms with Crippen LogP contribution < -0.4 is 5.32 Å². The van der Waals surface area contributed by atoms with E-state index in [1.165, 1.54) is 0 Å². The Morgan fingerprint density at radius 3 is 2.38 bits per heavy atom. The molecule has 0 saturated heterocycles. The molecule has 1 N–H and O–H groups in total. The summed E-state index contributed by atoms with van der Waals surface area (Å²) >= 11 is 0. The van der Waals surface area contributed by atoms with Crippen LogP contribution in [-0.2, 0) is 4.79 Å². The van der Waals surface area contributed by atoms with Crippen molar-refractivity contribution in [1.82, 2.24) is 5.32 Å². The summed E-state index contributed by atoms with van der Waals surface area (Å²) < 4.78 is 38.7. The number of rotatable bonds is 4. The van der Waals surface area contributed by atoms with E-state index in [4.69, 9.17) is 0 Å². The average molecular weight is 235 g/mol. The molecular formula is C11H16F3NO. The van der Waals surface area contributed by atoms with Gasteiger partial charge in [-0.15, -0.1) is 0 Å². The largest absolute Gasteiger partial charge is 0.351 e. The van der Waals surface area contributed by atoms with Gasteiger partial charge in [0, 0.05) is 6.04 Å². The molecule has 5 heteroatoms. The molecule has 16 heavy (non-hydrogen) atoms. The topological polar surface area (TPSA) is 29.1 Å². The predicted octanol–water partition coefficient (Wildman–Crippen LogP) is 2.43. The molecule has 2 rings (SSSR count). The molecule has 1 atom stereocenters. The van der Waals surface area contributed by atoms with E-state index in [9.17, 15) is 18.0 Å². The van der Waals surface area contributed by atoms with Crippen LogP contribution in [0.25, 0.3) is 0 Å². The number of amides is 1. The zero-order chi connectivity index (χ0) is 12.0. The van der Waals surface area contributed by atoms with Crippen molar-refractivity contribution in [3.05, 3.63) is 0 Å². The molecule has 2 fully saturated rings. The van der Waals surface area contributed by atoms with E-state index in [-0.39, 0.29) is 6.04 Å². The number of hydrogen-bond acceptors (Lipinski definition) is 1. The van der Waals surface area contributed by atoms with E-state index in [0.717, 1.165) is 19.3 Å². The molecule has 2 aliphatic rings. The maximum absolute atomic E-state index is 13.6. The van der Waals surface area contributed by atoms with Gasteiger partial charge >= 0.3 is 0 Å². The third-order valence-corrected chi connectivity index (χ3v) is 3.25. The fourth-order valence-electron chi connectivity index (χ4n) is 2.19. The molecule has 0 radical (unpaired) electrons. The maximum atomic E-state index is 13.6. The van der Waals surface area contributed by atoms with Gasteiger partial charge in [-0.25, -0.2) is 13.2 Å². The highest BCUT2D eigenvalue weighted by Crippen LogP contribution is 2.48. The van der Waals surface area contributed by atoms with Crippen molar-refractivity contribution in [1.29, 1.82) is 0 Å². The highest BCUT2D eigenvalue weighted by molar-refractivity contribution is 5.86. The number of carbonyl (C=O) groups excluding carboxylic acids is 1. The number of halogens is 3. The van der Waals surface area contributed by atoms with Gasteiger partial charge in [-0.05, 0) is 19.3 Å². The molecule has 0 bridgehead atoms. The Bertz CT molecular complexity index is 294. The molecular weight excluding hydrogens is 219 g/mol. The second kappa shape index (κ2) is 3.64. The normalized spacial score (nSPS) is 28.0. The lowest BCUT2D eigenvalue weighted by Gasteiger charge is -2.39. The van der Waals surface area contributed by atoms with E-state index < -0.39 is 30.3 Å². The monoisotopic (exact) mass is 235 g/mol. The van der Waals surface area contributed by atoms with Crippen molar-refractivity contribution in [2.45, 2.75) is 56.7 Å². The number of alkyl halides is 3. The summed E-state index contributed by atoms with van der Waals surface area (Å²) in [5.74, 6) is -3.26. The highest BCUT2D eigenvalue weighted by Gasteiger charge is 2.62. The van der Waals surface area contributed by atoms with Crippen molar-refractivity contribution < 1.29 is 18.0 Å². The van der Waals surface area contributed by atoms with Crippen LogP contribution in [0.4, 0.5) is 13.2 Å². The molecule has 0 spiro atoms. The Labute approximate surface area is 92.6 Å². The summed E-state index contributed by atoms with van der Waals surface area (Å²) in [4.78, 5) is 11.4. The molecule has 1 unspecified atom stereocenters. The zero-order valence-electron chi connectivity index (χ0n) is 9.23. The Hall–Kier alpha value is -0.740. The molecule has 0 aromatic rings. The van der Waals surface area contributed by atoms with Gasteiger partial charge in [0.2, 0.25) is 0 Å². The van der Waals surface area contributed by atoms with Crippen LogP contribution in [0.2, 0.25) is 0 Å². The van der Waals surface area contributed by atoms with Gasteiger partial charge in [0.1, 0.15) is 0 Å². The van der Waals surface area contributed by atoms with Crippen molar-refractivity contribution >= 4 is 5.91 Å². The van der Waals surface area contributed by atoms with E-state index >= 15 is 0 Å². The fourth-order valence-corrected chi connectivity index (χ4v) is 2.19. The Morgan fingerprint density at radius 2 is 1.94 bits per heavy atom. The summed E-state index contributed by atoms with van der Waals surface area (Å²) in [7, 11) is 0. The molecule has 2 nitrogen and oxygen atoms in total. The van der Waals surface area contributed by atoms with E-state index in [1.54, 1.807) is 6.92 Å². The van der Waals surface area contributed by atoms with E-state index in [2.05, 4.69) is 5.32 Å². The summed E-state index contributed by atoms with van der Waals surface area (Å²) in [5.41, 5.74) is -2.35. The van der Waals surface area contributed by atoms with Gasteiger partial charge in [-0.1, -0.05) is 12.8 Å². The quantitative estimate of drug-likeness (QED) is 0.796. The molecule has 0 aromatic carbocycles. The molecule has 0 heterocycles. The highest BCUT2D eigenvalue weighted by atomic mass is 19.3. The van der Waals surface area contributed by atoms with E-state index in [1.807, 2.05) is 0 Å². The van der Waals surface area contributed by atoms with Gasteiger partial charge in [0.05, 0.1) is 12.8 Å². The number of carbonyl (C=O) groups is 1. The summed E-state index contributed by atoms with van der Waals surface area (Å²) in [6.07, 6.45) is 1.18. The first-order chi connectivity index (χ1) is 7.31. The Morgan fingerprint density at radius 1 is 1.38 bits per heavy atom. The van der Waals surface area contributed by atoms with Gasteiger partial charge in [-0.2, -0.15) is 0 Å². The lowest BCUT2D eigenvalue weighted by Crippen LogP contribution is -2.59. The van der Waals surface area contributed by atoms with Crippen LogP contribution in [0.15, 0.2) is 0 Å². The lowest BCUT2D eigenvalue weighted by atomic mass is 9.77. The van der Waals surface area contributed by atoms with Crippen LogP contribution in [-0.4, -0.2) is 23.5 Å². The van der Waals surface area contributed by atoms with Gasteiger partial charge < -0.3 is 5.32 Å². The minimum Gasteiger partial charge on any atom is -0.351 e. The summed E-state index contributed by atoms with van der Waals surface area (Å²) in [6, 6.07) is -0.123. The van der Waals surface area contributed by atoms with Crippen molar-refractivity contribution in [2.24, 2.45) is 5.92 Å².